The zero-order chi connectivity index (χ0) is 13.1. The molecule has 1 N–H and O–H groups in total. The van der Waals surface area contributed by atoms with Crippen molar-refractivity contribution in [3.63, 3.8) is 0 Å². The van der Waals surface area contributed by atoms with Gasteiger partial charge in [-0.05, 0) is 43.7 Å². The summed E-state index contributed by atoms with van der Waals surface area (Å²) in [6.07, 6.45) is 3.48. The lowest BCUT2D eigenvalue weighted by atomic mass is 10.1. The molecule has 0 bridgehead atoms. The van der Waals surface area contributed by atoms with Crippen LogP contribution in [0.1, 0.15) is 31.2 Å². The Labute approximate surface area is 124 Å². The zero-order valence-corrected chi connectivity index (χ0v) is 12.2. The molecule has 0 unspecified atom stereocenters. The van der Waals surface area contributed by atoms with Gasteiger partial charge >= 0.3 is 0 Å². The van der Waals surface area contributed by atoms with Gasteiger partial charge in [0, 0.05) is 5.56 Å². The zero-order valence-electron chi connectivity index (χ0n) is 11.3. The predicted octanol–water partition coefficient (Wildman–Crippen LogP) is 2.98. The lowest BCUT2D eigenvalue weighted by Crippen LogP contribution is -2.26. The van der Waals surface area contributed by atoms with Crippen molar-refractivity contribution in [2.75, 3.05) is 13.7 Å². The van der Waals surface area contributed by atoms with Crippen LogP contribution in [-0.4, -0.2) is 23.8 Å². The predicted molar refractivity (Wildman–Crippen MR) is 78.1 cm³/mol. The van der Waals surface area contributed by atoms with Gasteiger partial charge in [-0.1, -0.05) is 11.6 Å². The molecule has 5 nitrogen and oxygen atoms in total. The average molecular weight is 296 g/mol. The second-order valence-corrected chi connectivity index (χ2v) is 4.69. The first-order chi connectivity index (χ1) is 9.36. The molecule has 0 saturated carbocycles. The molecule has 0 spiro atoms. The molecule has 1 aliphatic rings. The van der Waals surface area contributed by atoms with Crippen LogP contribution >= 0.6 is 12.4 Å². The van der Waals surface area contributed by atoms with Crippen molar-refractivity contribution < 1.29 is 9.26 Å². The van der Waals surface area contributed by atoms with Gasteiger partial charge in [0.15, 0.2) is 0 Å². The van der Waals surface area contributed by atoms with E-state index in [-0.39, 0.29) is 18.4 Å². The van der Waals surface area contributed by atoms with Crippen molar-refractivity contribution in [1.29, 1.82) is 0 Å². The molecule has 108 valence electrons. The third kappa shape index (κ3) is 3.11. The summed E-state index contributed by atoms with van der Waals surface area (Å²) in [7, 11) is 1.65. The quantitative estimate of drug-likeness (QED) is 0.943. The molecule has 0 radical (unpaired) electrons. The number of hydrogen-bond acceptors (Lipinski definition) is 5. The summed E-state index contributed by atoms with van der Waals surface area (Å²) in [5, 5.41) is 7.45. The fourth-order valence-corrected chi connectivity index (χ4v) is 2.30. The smallest absolute Gasteiger partial charge is 0.244 e. The highest BCUT2D eigenvalue weighted by molar-refractivity contribution is 5.85. The van der Waals surface area contributed by atoms with Crippen molar-refractivity contribution in [3.8, 4) is 17.1 Å². The Kier molecular flexibility index (Phi) is 4.98. The topological polar surface area (TPSA) is 60.2 Å². The number of halogens is 1. The first kappa shape index (κ1) is 14.8. The van der Waals surface area contributed by atoms with Gasteiger partial charge in [-0.2, -0.15) is 4.98 Å². The lowest BCUT2D eigenvalue weighted by Gasteiger charge is -2.19. The molecule has 2 heterocycles. The summed E-state index contributed by atoms with van der Waals surface area (Å²) >= 11 is 0. The molecule has 1 aromatic heterocycles. The normalized spacial score (nSPS) is 18.4. The van der Waals surface area contributed by atoms with E-state index in [1.54, 1.807) is 7.11 Å². The van der Waals surface area contributed by atoms with E-state index >= 15 is 0 Å². The van der Waals surface area contributed by atoms with Crippen molar-refractivity contribution in [2.45, 2.75) is 25.3 Å². The molecule has 20 heavy (non-hydrogen) atoms. The summed E-state index contributed by atoms with van der Waals surface area (Å²) in [5.41, 5.74) is 0.937. The van der Waals surface area contributed by atoms with E-state index in [2.05, 4.69) is 15.5 Å². The van der Waals surface area contributed by atoms with Gasteiger partial charge in [-0.3, -0.25) is 0 Å². The number of nitrogens with zero attached hydrogens (tertiary/aromatic N) is 2. The second kappa shape index (κ2) is 6.72. The van der Waals surface area contributed by atoms with Crippen LogP contribution in [0.4, 0.5) is 0 Å². The van der Waals surface area contributed by atoms with Crippen LogP contribution in [-0.2, 0) is 0 Å². The minimum atomic E-state index is 0. The average Bonchev–Trinajstić information content (AvgIpc) is 2.98. The molecule has 6 heteroatoms. The highest BCUT2D eigenvalue weighted by atomic mass is 35.5. The van der Waals surface area contributed by atoms with Gasteiger partial charge < -0.3 is 14.6 Å². The Hall–Kier alpha value is -1.59. The summed E-state index contributed by atoms with van der Waals surface area (Å²) in [5.74, 6) is 2.14. The number of benzene rings is 1. The Balaban J connectivity index is 0.00000147. The van der Waals surface area contributed by atoms with Gasteiger partial charge in [0.2, 0.25) is 11.7 Å². The van der Waals surface area contributed by atoms with E-state index in [0.29, 0.717) is 11.7 Å². The van der Waals surface area contributed by atoms with Crippen LogP contribution in [0.5, 0.6) is 5.75 Å². The van der Waals surface area contributed by atoms with Crippen molar-refractivity contribution in [3.05, 3.63) is 30.2 Å². The Morgan fingerprint density at radius 1 is 1.25 bits per heavy atom. The van der Waals surface area contributed by atoms with E-state index in [0.717, 1.165) is 24.3 Å². The second-order valence-electron chi connectivity index (χ2n) is 4.69. The molecular formula is C14H18ClN3O2. The van der Waals surface area contributed by atoms with Crippen LogP contribution in [0.25, 0.3) is 11.4 Å². The number of methoxy groups -OCH3 is 1. The van der Waals surface area contributed by atoms with E-state index in [1.807, 2.05) is 24.3 Å². The molecule has 0 amide bonds. The summed E-state index contributed by atoms with van der Waals surface area (Å²) in [6.45, 7) is 1.02. The molecule has 1 saturated heterocycles. The number of piperidine rings is 1. The maximum atomic E-state index is 5.36. The Morgan fingerprint density at radius 2 is 2.05 bits per heavy atom. The van der Waals surface area contributed by atoms with Gasteiger partial charge in [0.05, 0.1) is 13.2 Å². The van der Waals surface area contributed by atoms with E-state index in [4.69, 9.17) is 9.26 Å². The lowest BCUT2D eigenvalue weighted by molar-refractivity contribution is 0.297. The molecule has 1 atom stereocenters. The first-order valence-electron chi connectivity index (χ1n) is 6.58. The largest absolute Gasteiger partial charge is 0.497 e. The summed E-state index contributed by atoms with van der Waals surface area (Å²) in [4.78, 5) is 4.48. The van der Waals surface area contributed by atoms with Gasteiger partial charge in [-0.15, -0.1) is 12.4 Å². The number of nitrogens with one attached hydrogen (secondary N) is 1. The van der Waals surface area contributed by atoms with Crippen LogP contribution in [0, 0.1) is 0 Å². The van der Waals surface area contributed by atoms with E-state index in [9.17, 15) is 0 Å². The monoisotopic (exact) mass is 295 g/mol. The minimum Gasteiger partial charge on any atom is -0.497 e. The maximum absolute atomic E-state index is 5.36. The van der Waals surface area contributed by atoms with Crippen LogP contribution in [0.15, 0.2) is 28.8 Å². The standard InChI is InChI=1S/C14H17N3O2.ClH/c1-18-11-7-5-10(6-8-11)13-16-14(19-17-13)12-4-2-3-9-15-12;/h5-8,12,15H,2-4,9H2,1H3;1H/t12-;/m1./s1. The molecule has 2 aromatic rings. The molecule has 3 rings (SSSR count). The fraction of sp³-hybridized carbons (Fsp3) is 0.429. The number of aromatic nitrogens is 2. The molecule has 0 aliphatic carbocycles. The summed E-state index contributed by atoms with van der Waals surface area (Å²) < 4.78 is 10.5. The third-order valence-corrected chi connectivity index (χ3v) is 3.40. The minimum absolute atomic E-state index is 0. The molecule has 1 aliphatic heterocycles. The fourth-order valence-electron chi connectivity index (χ4n) is 2.30. The Morgan fingerprint density at radius 3 is 2.70 bits per heavy atom. The van der Waals surface area contributed by atoms with Crippen LogP contribution in [0.3, 0.4) is 0 Å². The molecule has 1 fully saturated rings. The van der Waals surface area contributed by atoms with E-state index in [1.165, 1.54) is 12.8 Å². The van der Waals surface area contributed by atoms with Crippen LogP contribution < -0.4 is 10.1 Å². The Bertz CT molecular complexity index is 536. The van der Waals surface area contributed by atoms with Gasteiger partial charge in [0.1, 0.15) is 5.75 Å². The van der Waals surface area contributed by atoms with E-state index < -0.39 is 0 Å². The van der Waals surface area contributed by atoms with Crippen LogP contribution in [0.2, 0.25) is 0 Å². The first-order valence-corrected chi connectivity index (χ1v) is 6.58. The highest BCUT2D eigenvalue weighted by Gasteiger charge is 2.21. The SMILES string of the molecule is COc1ccc(-c2noc([C@H]3CCCCN3)n2)cc1.Cl. The molecule has 1 aromatic carbocycles. The number of rotatable bonds is 3. The summed E-state index contributed by atoms with van der Waals surface area (Å²) in [6, 6.07) is 7.85. The maximum Gasteiger partial charge on any atom is 0.244 e. The van der Waals surface area contributed by atoms with Gasteiger partial charge in [0.25, 0.3) is 0 Å². The molecular weight excluding hydrogens is 278 g/mol. The van der Waals surface area contributed by atoms with Crippen molar-refractivity contribution in [1.82, 2.24) is 15.5 Å². The van der Waals surface area contributed by atoms with Gasteiger partial charge in [-0.25, -0.2) is 0 Å². The van der Waals surface area contributed by atoms with Crippen molar-refractivity contribution >= 4 is 12.4 Å². The highest BCUT2D eigenvalue weighted by Crippen LogP contribution is 2.25. The number of hydrogen-bond donors (Lipinski definition) is 1. The van der Waals surface area contributed by atoms with Crippen molar-refractivity contribution in [2.24, 2.45) is 0 Å². The number of ether oxygens (including phenoxy) is 1. The third-order valence-electron chi connectivity index (χ3n) is 3.40.